The van der Waals surface area contributed by atoms with E-state index in [0.29, 0.717) is 12.6 Å². The van der Waals surface area contributed by atoms with Crippen molar-refractivity contribution in [2.75, 3.05) is 31.1 Å². The van der Waals surface area contributed by atoms with Crippen LogP contribution in [-0.4, -0.2) is 47.1 Å². The number of aromatic nitrogens is 2. The second-order valence-corrected chi connectivity index (χ2v) is 5.56. The zero-order valence-electron chi connectivity index (χ0n) is 11.5. The number of hydrogen-bond donors (Lipinski definition) is 1. The molecule has 0 saturated carbocycles. The van der Waals surface area contributed by atoms with Crippen molar-refractivity contribution in [3.8, 4) is 0 Å². The molecule has 1 atom stereocenters. The Balaban J connectivity index is 1.64. The number of piperidine rings is 1. The van der Waals surface area contributed by atoms with Gasteiger partial charge < -0.3 is 10.6 Å². The van der Waals surface area contributed by atoms with Crippen LogP contribution in [0.1, 0.15) is 31.4 Å². The van der Waals surface area contributed by atoms with E-state index in [9.17, 15) is 0 Å². The zero-order chi connectivity index (χ0) is 13.1. The third-order valence-corrected chi connectivity index (χ3v) is 4.28. The van der Waals surface area contributed by atoms with Gasteiger partial charge in [-0.25, -0.2) is 4.98 Å². The van der Waals surface area contributed by atoms with Crippen molar-refractivity contribution in [1.29, 1.82) is 0 Å². The maximum atomic E-state index is 5.63. The van der Waals surface area contributed by atoms with Crippen LogP contribution in [0, 0.1) is 0 Å². The molecule has 0 amide bonds. The van der Waals surface area contributed by atoms with Crippen LogP contribution < -0.4 is 10.6 Å². The number of nitrogens with zero attached hydrogens (tertiary/aromatic N) is 4. The van der Waals surface area contributed by atoms with E-state index in [2.05, 4.69) is 19.8 Å². The van der Waals surface area contributed by atoms with Crippen LogP contribution >= 0.6 is 0 Å². The van der Waals surface area contributed by atoms with E-state index >= 15 is 0 Å². The predicted octanol–water partition coefficient (Wildman–Crippen LogP) is 1.000. The average molecular weight is 261 g/mol. The van der Waals surface area contributed by atoms with Gasteiger partial charge in [0.1, 0.15) is 5.82 Å². The number of nitrogens with two attached hydrogens (primary N) is 1. The molecule has 5 heteroatoms. The summed E-state index contributed by atoms with van der Waals surface area (Å²) in [4.78, 5) is 13.8. The van der Waals surface area contributed by atoms with Crippen LogP contribution in [0.15, 0.2) is 12.4 Å². The molecule has 1 aromatic rings. The highest BCUT2D eigenvalue weighted by Crippen LogP contribution is 2.23. The van der Waals surface area contributed by atoms with Crippen molar-refractivity contribution in [3.05, 3.63) is 18.1 Å². The minimum Gasteiger partial charge on any atom is -0.354 e. The maximum absolute atomic E-state index is 5.63. The average Bonchev–Trinajstić information content (AvgIpc) is 2.98. The second-order valence-electron chi connectivity index (χ2n) is 5.56. The third kappa shape index (κ3) is 2.87. The summed E-state index contributed by atoms with van der Waals surface area (Å²) in [6.07, 6.45) is 8.98. The van der Waals surface area contributed by atoms with E-state index in [1.54, 1.807) is 6.20 Å². The highest BCUT2D eigenvalue weighted by molar-refractivity contribution is 5.38. The first-order chi connectivity index (χ1) is 9.36. The van der Waals surface area contributed by atoms with Gasteiger partial charge in [-0.3, -0.25) is 9.88 Å². The molecule has 0 aliphatic carbocycles. The van der Waals surface area contributed by atoms with Crippen LogP contribution in [0.5, 0.6) is 0 Å². The molecule has 0 bridgehead atoms. The molecule has 0 spiro atoms. The molecular weight excluding hydrogens is 238 g/mol. The Labute approximate surface area is 114 Å². The molecule has 2 aliphatic heterocycles. The van der Waals surface area contributed by atoms with Crippen molar-refractivity contribution < 1.29 is 0 Å². The fourth-order valence-corrected chi connectivity index (χ4v) is 3.18. The Morgan fingerprint density at radius 2 is 2.00 bits per heavy atom. The van der Waals surface area contributed by atoms with Gasteiger partial charge >= 0.3 is 0 Å². The van der Waals surface area contributed by atoms with Gasteiger partial charge in [0.25, 0.3) is 0 Å². The molecule has 19 heavy (non-hydrogen) atoms. The maximum Gasteiger partial charge on any atom is 0.147 e. The first-order valence-corrected chi connectivity index (χ1v) is 7.37. The largest absolute Gasteiger partial charge is 0.354 e. The summed E-state index contributed by atoms with van der Waals surface area (Å²) in [5.74, 6) is 0.988. The topological polar surface area (TPSA) is 58.3 Å². The van der Waals surface area contributed by atoms with Crippen LogP contribution in [0.25, 0.3) is 0 Å². The Kier molecular flexibility index (Phi) is 3.94. The molecule has 0 radical (unpaired) electrons. The van der Waals surface area contributed by atoms with E-state index in [0.717, 1.165) is 24.6 Å². The number of rotatable bonds is 3. The van der Waals surface area contributed by atoms with Crippen molar-refractivity contribution in [3.63, 3.8) is 0 Å². The number of likely N-dealkylation sites (tertiary alicyclic amines) is 1. The molecule has 2 saturated heterocycles. The zero-order valence-corrected chi connectivity index (χ0v) is 11.5. The van der Waals surface area contributed by atoms with Crippen LogP contribution in [0.2, 0.25) is 0 Å². The van der Waals surface area contributed by atoms with E-state index in [1.165, 1.54) is 38.8 Å². The van der Waals surface area contributed by atoms with Crippen LogP contribution in [-0.2, 0) is 6.54 Å². The summed E-state index contributed by atoms with van der Waals surface area (Å²) in [6.45, 7) is 5.18. The minimum absolute atomic E-state index is 0.463. The standard InChI is InChI=1S/C14H23N5/c15-8-12-9-16-10-14(17-12)19-7-4-13(11-19)18-5-2-1-3-6-18/h9-10,13H,1-8,11,15H2. The predicted molar refractivity (Wildman–Crippen MR) is 76.0 cm³/mol. The normalized spacial score (nSPS) is 24.9. The second kappa shape index (κ2) is 5.84. The van der Waals surface area contributed by atoms with Gasteiger partial charge in [-0.15, -0.1) is 0 Å². The molecule has 0 aromatic carbocycles. The fraction of sp³-hybridized carbons (Fsp3) is 0.714. The SMILES string of the molecule is NCc1cncc(N2CCC(N3CCCCC3)C2)n1. The van der Waals surface area contributed by atoms with Crippen LogP contribution in [0.4, 0.5) is 5.82 Å². The molecule has 2 N–H and O–H groups in total. The summed E-state index contributed by atoms with van der Waals surface area (Å²) in [5.41, 5.74) is 6.51. The number of hydrogen-bond acceptors (Lipinski definition) is 5. The molecule has 3 rings (SSSR count). The Morgan fingerprint density at radius 3 is 2.79 bits per heavy atom. The van der Waals surface area contributed by atoms with E-state index in [4.69, 9.17) is 5.73 Å². The molecular formula is C14H23N5. The van der Waals surface area contributed by atoms with Gasteiger partial charge in [0.15, 0.2) is 0 Å². The van der Waals surface area contributed by atoms with Crippen molar-refractivity contribution in [2.24, 2.45) is 5.73 Å². The molecule has 2 fully saturated rings. The first kappa shape index (κ1) is 12.8. The molecule has 2 aliphatic rings. The molecule has 3 heterocycles. The summed E-state index contributed by atoms with van der Waals surface area (Å²) in [5, 5.41) is 0. The monoisotopic (exact) mass is 261 g/mol. The van der Waals surface area contributed by atoms with Crippen molar-refractivity contribution in [1.82, 2.24) is 14.9 Å². The quantitative estimate of drug-likeness (QED) is 0.879. The lowest BCUT2D eigenvalue weighted by Crippen LogP contribution is -2.41. The molecule has 1 unspecified atom stereocenters. The van der Waals surface area contributed by atoms with Gasteiger partial charge in [-0.05, 0) is 32.4 Å². The molecule has 104 valence electrons. The Morgan fingerprint density at radius 1 is 1.16 bits per heavy atom. The number of anilines is 1. The summed E-state index contributed by atoms with van der Waals surface area (Å²) in [6, 6.07) is 0.698. The Hall–Kier alpha value is -1.20. The fourth-order valence-electron chi connectivity index (χ4n) is 3.18. The third-order valence-electron chi connectivity index (χ3n) is 4.28. The van der Waals surface area contributed by atoms with Gasteiger partial charge in [0.2, 0.25) is 0 Å². The molecule has 1 aromatic heterocycles. The smallest absolute Gasteiger partial charge is 0.147 e. The summed E-state index contributed by atoms with van der Waals surface area (Å²) in [7, 11) is 0. The minimum atomic E-state index is 0.463. The van der Waals surface area contributed by atoms with E-state index < -0.39 is 0 Å². The van der Waals surface area contributed by atoms with E-state index in [-0.39, 0.29) is 0 Å². The Bertz CT molecular complexity index is 416. The van der Waals surface area contributed by atoms with Gasteiger partial charge in [0, 0.05) is 31.9 Å². The van der Waals surface area contributed by atoms with Crippen LogP contribution in [0.3, 0.4) is 0 Å². The summed E-state index contributed by atoms with van der Waals surface area (Å²) >= 11 is 0. The van der Waals surface area contributed by atoms with E-state index in [1.807, 2.05) is 6.20 Å². The van der Waals surface area contributed by atoms with Crippen molar-refractivity contribution >= 4 is 5.82 Å². The lowest BCUT2D eigenvalue weighted by atomic mass is 10.1. The van der Waals surface area contributed by atoms with Gasteiger partial charge in [-0.1, -0.05) is 6.42 Å². The van der Waals surface area contributed by atoms with Gasteiger partial charge in [-0.2, -0.15) is 0 Å². The molecule has 5 nitrogen and oxygen atoms in total. The highest BCUT2D eigenvalue weighted by Gasteiger charge is 2.29. The highest BCUT2D eigenvalue weighted by atomic mass is 15.3. The first-order valence-electron chi connectivity index (χ1n) is 7.37. The summed E-state index contributed by atoms with van der Waals surface area (Å²) < 4.78 is 0. The lowest BCUT2D eigenvalue weighted by molar-refractivity contribution is 0.175. The van der Waals surface area contributed by atoms with Crippen molar-refractivity contribution in [2.45, 2.75) is 38.3 Å². The van der Waals surface area contributed by atoms with Gasteiger partial charge in [0.05, 0.1) is 11.9 Å². The lowest BCUT2D eigenvalue weighted by Gasteiger charge is -2.32.